The fraction of sp³-hybridized carbons (Fsp3) is 0.391. The molecule has 2 amide bonds. The molecule has 0 saturated carbocycles. The average molecular weight is 477 g/mol. The van der Waals surface area contributed by atoms with Crippen LogP contribution in [-0.4, -0.2) is 41.1 Å². The molecular weight excluding hydrogens is 448 g/mol. The molecular formula is C23H29BrN2O2S. The molecule has 0 aromatic heterocycles. The number of carbonyl (C=O) groups excluding carboxylic acids is 2. The molecule has 156 valence electrons. The number of nitrogens with one attached hydrogen (secondary N) is 1. The van der Waals surface area contributed by atoms with Crippen molar-refractivity contribution >= 4 is 39.5 Å². The Labute approximate surface area is 186 Å². The molecule has 0 bridgehead atoms. The standard InChI is InChI=1S/C23H29BrN2O2S/c1-17(2)25-23(28)18(3)26(14-13-19-7-5-4-6-8-19)22(27)16-29-15-20-9-11-21(24)12-10-20/h4-12,17-18H,13-16H2,1-3H3,(H,25,28). The molecule has 29 heavy (non-hydrogen) atoms. The molecule has 0 heterocycles. The van der Waals surface area contributed by atoms with Crippen molar-refractivity contribution < 1.29 is 9.59 Å². The van der Waals surface area contributed by atoms with Crippen LogP contribution in [0.15, 0.2) is 59.1 Å². The number of halogens is 1. The summed E-state index contributed by atoms with van der Waals surface area (Å²) in [5.41, 5.74) is 2.33. The maximum atomic E-state index is 13.0. The highest BCUT2D eigenvalue weighted by Crippen LogP contribution is 2.17. The third-order valence-electron chi connectivity index (χ3n) is 4.49. The van der Waals surface area contributed by atoms with Crippen LogP contribution in [0.3, 0.4) is 0 Å². The lowest BCUT2D eigenvalue weighted by Gasteiger charge is -2.29. The van der Waals surface area contributed by atoms with Crippen LogP contribution in [0.2, 0.25) is 0 Å². The Morgan fingerprint density at radius 2 is 1.66 bits per heavy atom. The first kappa shape index (κ1) is 23.5. The van der Waals surface area contributed by atoms with Gasteiger partial charge >= 0.3 is 0 Å². The smallest absolute Gasteiger partial charge is 0.242 e. The van der Waals surface area contributed by atoms with Gasteiger partial charge < -0.3 is 10.2 Å². The normalized spacial score (nSPS) is 11.9. The van der Waals surface area contributed by atoms with Crippen molar-refractivity contribution in [1.29, 1.82) is 0 Å². The van der Waals surface area contributed by atoms with E-state index in [4.69, 9.17) is 0 Å². The molecule has 0 fully saturated rings. The van der Waals surface area contributed by atoms with Crippen LogP contribution in [0.25, 0.3) is 0 Å². The van der Waals surface area contributed by atoms with Gasteiger partial charge in [-0.25, -0.2) is 0 Å². The van der Waals surface area contributed by atoms with Crippen molar-refractivity contribution in [3.05, 3.63) is 70.2 Å². The minimum atomic E-state index is -0.498. The summed E-state index contributed by atoms with van der Waals surface area (Å²) in [6.07, 6.45) is 0.725. The molecule has 6 heteroatoms. The zero-order valence-corrected chi connectivity index (χ0v) is 19.6. The number of hydrogen-bond acceptors (Lipinski definition) is 3. The quantitative estimate of drug-likeness (QED) is 0.541. The maximum Gasteiger partial charge on any atom is 0.242 e. The van der Waals surface area contributed by atoms with E-state index in [9.17, 15) is 9.59 Å². The van der Waals surface area contributed by atoms with E-state index < -0.39 is 6.04 Å². The van der Waals surface area contributed by atoms with Gasteiger partial charge in [0.2, 0.25) is 11.8 Å². The van der Waals surface area contributed by atoms with Crippen molar-refractivity contribution in [3.63, 3.8) is 0 Å². The van der Waals surface area contributed by atoms with Gasteiger partial charge in [0.1, 0.15) is 6.04 Å². The molecule has 2 rings (SSSR count). The van der Waals surface area contributed by atoms with E-state index in [0.29, 0.717) is 12.3 Å². The predicted molar refractivity (Wildman–Crippen MR) is 125 cm³/mol. The van der Waals surface area contributed by atoms with Crippen LogP contribution in [0, 0.1) is 0 Å². The topological polar surface area (TPSA) is 49.4 Å². The van der Waals surface area contributed by atoms with E-state index in [1.165, 1.54) is 5.56 Å². The highest BCUT2D eigenvalue weighted by Gasteiger charge is 2.25. The molecule has 0 aliphatic carbocycles. The van der Waals surface area contributed by atoms with Crippen molar-refractivity contribution in [2.24, 2.45) is 0 Å². The Morgan fingerprint density at radius 1 is 1.00 bits per heavy atom. The van der Waals surface area contributed by atoms with Crippen molar-refractivity contribution in [2.45, 2.75) is 45.0 Å². The number of thioether (sulfide) groups is 1. The van der Waals surface area contributed by atoms with Gasteiger partial charge in [0.05, 0.1) is 5.75 Å². The van der Waals surface area contributed by atoms with E-state index in [1.54, 1.807) is 23.6 Å². The van der Waals surface area contributed by atoms with Crippen molar-refractivity contribution in [1.82, 2.24) is 10.2 Å². The summed E-state index contributed by atoms with van der Waals surface area (Å²) >= 11 is 5.01. The molecule has 0 radical (unpaired) electrons. The number of benzene rings is 2. The highest BCUT2D eigenvalue weighted by atomic mass is 79.9. The Kier molecular flexibility index (Phi) is 9.74. The lowest BCUT2D eigenvalue weighted by Crippen LogP contribution is -2.50. The molecule has 0 aliphatic rings. The van der Waals surface area contributed by atoms with E-state index in [0.717, 1.165) is 22.2 Å². The first-order valence-electron chi connectivity index (χ1n) is 9.82. The Balaban J connectivity index is 1.98. The first-order chi connectivity index (χ1) is 13.9. The Bertz CT molecular complexity index is 781. The number of nitrogens with zero attached hydrogens (tertiary/aromatic N) is 1. The predicted octanol–water partition coefficient (Wildman–Crippen LogP) is 4.67. The molecule has 4 nitrogen and oxygen atoms in total. The number of hydrogen-bond donors (Lipinski definition) is 1. The van der Waals surface area contributed by atoms with Crippen LogP contribution in [-0.2, 0) is 21.8 Å². The van der Waals surface area contributed by atoms with Crippen LogP contribution < -0.4 is 5.32 Å². The molecule has 2 aromatic rings. The van der Waals surface area contributed by atoms with Crippen LogP contribution in [0.4, 0.5) is 0 Å². The zero-order chi connectivity index (χ0) is 21.2. The van der Waals surface area contributed by atoms with E-state index in [2.05, 4.69) is 21.2 Å². The minimum absolute atomic E-state index is 0.00514. The molecule has 1 atom stereocenters. The monoisotopic (exact) mass is 476 g/mol. The molecule has 0 aliphatic heterocycles. The van der Waals surface area contributed by atoms with Crippen molar-refractivity contribution in [2.75, 3.05) is 12.3 Å². The van der Waals surface area contributed by atoms with Gasteiger partial charge in [-0.1, -0.05) is 58.4 Å². The van der Waals surface area contributed by atoms with Gasteiger partial charge in [0.15, 0.2) is 0 Å². The van der Waals surface area contributed by atoms with Gasteiger partial charge in [-0.15, -0.1) is 11.8 Å². The van der Waals surface area contributed by atoms with Crippen LogP contribution in [0.1, 0.15) is 31.9 Å². The van der Waals surface area contributed by atoms with Gasteiger partial charge in [-0.3, -0.25) is 9.59 Å². The zero-order valence-electron chi connectivity index (χ0n) is 17.2. The maximum absolute atomic E-state index is 13.0. The summed E-state index contributed by atoms with van der Waals surface area (Å²) in [6, 6.07) is 17.7. The number of amides is 2. The van der Waals surface area contributed by atoms with Gasteiger partial charge in [0.25, 0.3) is 0 Å². The lowest BCUT2D eigenvalue weighted by atomic mass is 10.1. The average Bonchev–Trinajstić information content (AvgIpc) is 2.69. The fourth-order valence-electron chi connectivity index (χ4n) is 2.89. The third-order valence-corrected chi connectivity index (χ3v) is 6.01. The summed E-state index contributed by atoms with van der Waals surface area (Å²) in [5.74, 6) is 0.996. The van der Waals surface area contributed by atoms with Crippen LogP contribution in [0.5, 0.6) is 0 Å². The van der Waals surface area contributed by atoms with Crippen LogP contribution >= 0.6 is 27.7 Å². The number of rotatable bonds is 10. The van der Waals surface area contributed by atoms with Gasteiger partial charge in [-0.05, 0) is 50.5 Å². The fourth-order valence-corrected chi connectivity index (χ4v) is 4.03. The van der Waals surface area contributed by atoms with E-state index in [-0.39, 0.29) is 17.9 Å². The Hall–Kier alpha value is -1.79. The summed E-state index contributed by atoms with van der Waals surface area (Å²) < 4.78 is 1.04. The Morgan fingerprint density at radius 3 is 2.28 bits per heavy atom. The summed E-state index contributed by atoms with van der Waals surface area (Å²) in [7, 11) is 0. The van der Waals surface area contributed by atoms with E-state index >= 15 is 0 Å². The minimum Gasteiger partial charge on any atom is -0.352 e. The molecule has 0 spiro atoms. The second-order valence-corrected chi connectivity index (χ2v) is 9.18. The molecule has 2 aromatic carbocycles. The highest BCUT2D eigenvalue weighted by molar-refractivity contribution is 9.10. The van der Waals surface area contributed by atoms with Crippen molar-refractivity contribution in [3.8, 4) is 0 Å². The molecule has 1 unspecified atom stereocenters. The summed E-state index contributed by atoms with van der Waals surface area (Å²) in [5, 5.41) is 2.92. The second-order valence-electron chi connectivity index (χ2n) is 7.28. The summed E-state index contributed by atoms with van der Waals surface area (Å²) in [6.45, 7) is 6.18. The largest absolute Gasteiger partial charge is 0.352 e. The lowest BCUT2D eigenvalue weighted by molar-refractivity contribution is -0.138. The first-order valence-corrected chi connectivity index (χ1v) is 11.8. The summed E-state index contributed by atoms with van der Waals surface area (Å²) in [4.78, 5) is 27.2. The third kappa shape index (κ3) is 8.23. The van der Waals surface area contributed by atoms with Gasteiger partial charge in [-0.2, -0.15) is 0 Å². The SMILES string of the molecule is CC(C)NC(=O)C(C)N(CCc1ccccc1)C(=O)CSCc1ccc(Br)cc1. The van der Waals surface area contributed by atoms with Gasteiger partial charge in [0, 0.05) is 22.8 Å². The second kappa shape index (κ2) is 12.0. The van der Waals surface area contributed by atoms with E-state index in [1.807, 2.05) is 68.4 Å². The number of carbonyl (C=O) groups is 2. The molecule has 1 N–H and O–H groups in total. The molecule has 0 saturated heterocycles.